The van der Waals surface area contributed by atoms with Gasteiger partial charge in [-0.25, -0.2) is 18.7 Å². The molecule has 0 aliphatic carbocycles. The molecule has 0 spiro atoms. The highest BCUT2D eigenvalue weighted by Crippen LogP contribution is 2.29. The van der Waals surface area contributed by atoms with Crippen molar-refractivity contribution in [1.29, 1.82) is 0 Å². The lowest BCUT2D eigenvalue weighted by atomic mass is 10.2. The number of amides is 1. The molecule has 0 bridgehead atoms. The van der Waals surface area contributed by atoms with Gasteiger partial charge in [0, 0.05) is 11.4 Å². The van der Waals surface area contributed by atoms with Gasteiger partial charge in [0.05, 0.1) is 11.7 Å². The number of ether oxygens (including phenoxy) is 1. The molecule has 0 aliphatic rings. The largest absolute Gasteiger partial charge is 0.442 e. The Balaban J connectivity index is 2.64. The van der Waals surface area contributed by atoms with E-state index in [2.05, 4.69) is 17.0 Å². The average Bonchev–Trinajstić information content (AvgIpc) is 2.81. The minimum atomic E-state index is -0.719. The Kier molecular flexibility index (Phi) is 4.72. The number of nitrogens with zero attached hydrogens (tertiary/aromatic N) is 3. The molecule has 2 aromatic rings. The summed E-state index contributed by atoms with van der Waals surface area (Å²) in [6, 6.07) is 6.54. The number of hydrogen-bond donors (Lipinski definition) is 0. The average molecular weight is 329 g/mol. The van der Waals surface area contributed by atoms with Crippen molar-refractivity contribution < 1.29 is 18.7 Å². The zero-order chi connectivity index (χ0) is 17.9. The van der Waals surface area contributed by atoms with E-state index in [1.807, 2.05) is 0 Å². The van der Waals surface area contributed by atoms with Gasteiger partial charge in [-0.15, -0.1) is 5.01 Å². The monoisotopic (exact) mass is 329 g/mol. The van der Waals surface area contributed by atoms with Gasteiger partial charge in [-0.3, -0.25) is 0 Å². The van der Waals surface area contributed by atoms with Crippen molar-refractivity contribution in [2.45, 2.75) is 33.3 Å². The van der Waals surface area contributed by atoms with E-state index in [4.69, 9.17) is 4.74 Å². The minimum Gasteiger partial charge on any atom is -0.442 e. The molecule has 0 N–H and O–H groups in total. The maximum absolute atomic E-state index is 13.5. The molecule has 1 aromatic heterocycles. The molecule has 0 saturated carbocycles. The number of carbonyl (C=O) groups excluding carboxylic acids is 2. The van der Waals surface area contributed by atoms with Crippen molar-refractivity contribution in [3.63, 3.8) is 0 Å². The number of fused-ring (bicyclic) bond motifs is 1. The number of carbonyl (C=O) groups is 1. The second-order valence-electron chi connectivity index (χ2n) is 5.88. The molecular formula is C17H16FN3O3. The van der Waals surface area contributed by atoms with Crippen molar-refractivity contribution in [2.75, 3.05) is 5.01 Å². The maximum atomic E-state index is 13.5. The molecule has 0 aliphatic heterocycles. The van der Waals surface area contributed by atoms with Gasteiger partial charge in [0.25, 0.3) is 0 Å². The Hall–Kier alpha value is -3.10. The fourth-order valence-corrected chi connectivity index (χ4v) is 2.07. The molecule has 1 aromatic carbocycles. The van der Waals surface area contributed by atoms with Crippen LogP contribution in [-0.2, 0) is 9.53 Å². The summed E-state index contributed by atoms with van der Waals surface area (Å²) in [6.07, 6.45) is 2.10. The van der Waals surface area contributed by atoms with Gasteiger partial charge in [-0.05, 0) is 45.9 Å². The Labute approximate surface area is 138 Å². The molecule has 124 valence electrons. The molecule has 0 atom stereocenters. The fraction of sp³-hybridized carbons (Fsp3) is 0.294. The lowest BCUT2D eigenvalue weighted by molar-refractivity contribution is 0.0567. The van der Waals surface area contributed by atoms with E-state index in [0.717, 1.165) is 5.01 Å². The number of aromatic nitrogens is 1. The Morgan fingerprint density at radius 2 is 2.08 bits per heavy atom. The topological polar surface area (TPSA) is 63.9 Å². The molecule has 0 saturated heterocycles. The summed E-state index contributed by atoms with van der Waals surface area (Å²) in [5.74, 6) is 2.13. The van der Waals surface area contributed by atoms with E-state index in [1.165, 1.54) is 35.2 Å². The first-order valence-electron chi connectivity index (χ1n) is 7.11. The molecule has 24 heavy (non-hydrogen) atoms. The molecule has 0 radical (unpaired) electrons. The molecular weight excluding hydrogens is 313 g/mol. The Morgan fingerprint density at radius 3 is 2.67 bits per heavy atom. The zero-order valence-electron chi connectivity index (χ0n) is 13.8. The van der Waals surface area contributed by atoms with Crippen LogP contribution in [0.25, 0.3) is 10.9 Å². The van der Waals surface area contributed by atoms with E-state index < -0.39 is 17.5 Å². The summed E-state index contributed by atoms with van der Waals surface area (Å²) < 4.78 is 20.2. The second-order valence-corrected chi connectivity index (χ2v) is 5.88. The first-order chi connectivity index (χ1) is 11.3. The standard InChI is InChI=1S/C17H16FN3O3/c1-5-8-20(16(23)24-17(2,3)4)21-10-14(19-11-22)13-9-12(18)6-7-15(13)21/h6-7,9-10H,1-4H3. The predicted octanol–water partition coefficient (Wildman–Crippen LogP) is 3.60. The van der Waals surface area contributed by atoms with Crippen LogP contribution < -0.4 is 5.01 Å². The van der Waals surface area contributed by atoms with Crippen molar-refractivity contribution in [2.24, 2.45) is 4.99 Å². The smallest absolute Gasteiger partial charge is 0.442 e. The van der Waals surface area contributed by atoms with Crippen LogP contribution >= 0.6 is 0 Å². The summed E-state index contributed by atoms with van der Waals surface area (Å²) in [5.41, 5.74) is -0.103. The van der Waals surface area contributed by atoms with E-state index >= 15 is 0 Å². The molecule has 1 amide bonds. The lowest BCUT2D eigenvalue weighted by Crippen LogP contribution is -2.40. The number of rotatable bonds is 2. The van der Waals surface area contributed by atoms with Gasteiger partial charge in [0.1, 0.15) is 17.1 Å². The first kappa shape index (κ1) is 17.3. The lowest BCUT2D eigenvalue weighted by Gasteiger charge is -2.24. The van der Waals surface area contributed by atoms with Crippen molar-refractivity contribution in [3.8, 4) is 12.0 Å². The van der Waals surface area contributed by atoms with Crippen LogP contribution in [0, 0.1) is 17.8 Å². The summed E-state index contributed by atoms with van der Waals surface area (Å²) in [7, 11) is 0. The Bertz CT molecular complexity index is 893. The van der Waals surface area contributed by atoms with Crippen LogP contribution in [0.15, 0.2) is 29.4 Å². The van der Waals surface area contributed by atoms with E-state index in [9.17, 15) is 14.0 Å². The summed E-state index contributed by atoms with van der Waals surface area (Å²) in [4.78, 5) is 26.6. The third-order valence-electron chi connectivity index (χ3n) is 2.89. The van der Waals surface area contributed by atoms with Crippen LogP contribution in [0.2, 0.25) is 0 Å². The maximum Gasteiger partial charge on any atom is 0.442 e. The quantitative estimate of drug-likeness (QED) is 0.366. The minimum absolute atomic E-state index is 0.172. The van der Waals surface area contributed by atoms with E-state index in [0.29, 0.717) is 10.9 Å². The summed E-state index contributed by atoms with van der Waals surface area (Å²) in [5, 5.41) is 1.39. The normalized spacial score (nSPS) is 10.5. The fourth-order valence-electron chi connectivity index (χ4n) is 2.07. The highest BCUT2D eigenvalue weighted by molar-refractivity contribution is 5.95. The third kappa shape index (κ3) is 3.62. The highest BCUT2D eigenvalue weighted by Gasteiger charge is 2.24. The highest BCUT2D eigenvalue weighted by atomic mass is 19.1. The van der Waals surface area contributed by atoms with E-state index in [1.54, 1.807) is 27.7 Å². The molecule has 1 heterocycles. The van der Waals surface area contributed by atoms with Gasteiger partial charge < -0.3 is 4.74 Å². The van der Waals surface area contributed by atoms with Crippen LogP contribution in [0.5, 0.6) is 0 Å². The molecule has 2 rings (SSSR count). The van der Waals surface area contributed by atoms with Gasteiger partial charge in [-0.1, -0.05) is 5.92 Å². The number of isocyanates is 1. The van der Waals surface area contributed by atoms with Gasteiger partial charge in [-0.2, -0.15) is 4.99 Å². The van der Waals surface area contributed by atoms with Crippen LogP contribution in [-0.4, -0.2) is 22.5 Å². The predicted molar refractivity (Wildman–Crippen MR) is 87.6 cm³/mol. The van der Waals surface area contributed by atoms with Crippen molar-refractivity contribution >= 4 is 28.8 Å². The zero-order valence-corrected chi connectivity index (χ0v) is 13.8. The molecule has 0 fully saturated rings. The molecule has 0 unspecified atom stereocenters. The van der Waals surface area contributed by atoms with Crippen LogP contribution in [0.3, 0.4) is 0 Å². The van der Waals surface area contributed by atoms with Crippen molar-refractivity contribution in [3.05, 3.63) is 30.2 Å². The number of halogens is 1. The SMILES string of the molecule is CC#CN(C(=O)OC(C)(C)C)n1cc(N=C=O)c2cc(F)ccc21. The number of benzene rings is 1. The number of hydrogen-bond acceptors (Lipinski definition) is 4. The summed E-state index contributed by atoms with van der Waals surface area (Å²) in [6.45, 7) is 6.75. The second kappa shape index (κ2) is 6.57. The summed E-state index contributed by atoms with van der Waals surface area (Å²) >= 11 is 0. The Morgan fingerprint density at radius 1 is 1.38 bits per heavy atom. The van der Waals surface area contributed by atoms with Gasteiger partial charge in [0.2, 0.25) is 6.08 Å². The third-order valence-corrected chi connectivity index (χ3v) is 2.89. The number of aliphatic imine (C=N–C) groups is 1. The molecule has 7 heteroatoms. The van der Waals surface area contributed by atoms with Gasteiger partial charge in [0.15, 0.2) is 0 Å². The van der Waals surface area contributed by atoms with Crippen LogP contribution in [0.1, 0.15) is 27.7 Å². The molecule has 6 nitrogen and oxygen atoms in total. The first-order valence-corrected chi connectivity index (χ1v) is 7.11. The van der Waals surface area contributed by atoms with Crippen molar-refractivity contribution in [1.82, 2.24) is 4.68 Å². The van der Waals surface area contributed by atoms with Gasteiger partial charge >= 0.3 is 6.09 Å². The van der Waals surface area contributed by atoms with E-state index in [-0.39, 0.29) is 5.69 Å². The van der Waals surface area contributed by atoms with Crippen LogP contribution in [0.4, 0.5) is 14.9 Å².